The van der Waals surface area contributed by atoms with Crippen LogP contribution in [0, 0.1) is 11.8 Å². The lowest BCUT2D eigenvalue weighted by molar-refractivity contribution is 0.490. The number of hydrogen-bond donors (Lipinski definition) is 0. The number of aryl methyl sites for hydroxylation is 3. The number of thioether (sulfide) groups is 1. The van der Waals surface area contributed by atoms with Gasteiger partial charge >= 0.3 is 0 Å². The molecule has 2 atom stereocenters. The lowest BCUT2D eigenvalue weighted by Crippen LogP contribution is -2.14. The largest absolute Gasteiger partial charge is 0.122 e. The van der Waals surface area contributed by atoms with Gasteiger partial charge in [-0.05, 0) is 97.6 Å². The van der Waals surface area contributed by atoms with Crippen LogP contribution in [0.3, 0.4) is 0 Å². The molecule has 2 aromatic rings. The van der Waals surface area contributed by atoms with Crippen LogP contribution in [-0.4, -0.2) is 5.25 Å². The Kier molecular flexibility index (Phi) is 8.76. The molecule has 31 heavy (non-hydrogen) atoms. The van der Waals surface area contributed by atoms with Crippen molar-refractivity contribution in [3.05, 3.63) is 75.8 Å². The van der Waals surface area contributed by atoms with Gasteiger partial charge in [0.25, 0.3) is 0 Å². The van der Waals surface area contributed by atoms with Crippen molar-refractivity contribution in [3.8, 4) is 0 Å². The molecule has 0 amide bonds. The predicted molar refractivity (Wildman–Crippen MR) is 140 cm³/mol. The summed E-state index contributed by atoms with van der Waals surface area (Å²) >= 11 is 8.69. The summed E-state index contributed by atoms with van der Waals surface area (Å²) in [6.45, 7) is 15.5. The maximum Gasteiger partial charge on any atom is 0.0449 e. The first-order chi connectivity index (χ1) is 14.7. The average molecular weight is 455 g/mol. The second-order valence-electron chi connectivity index (χ2n) is 10.2. The van der Waals surface area contributed by atoms with Crippen LogP contribution in [0.15, 0.2) is 53.4 Å². The Bertz CT molecular complexity index is 896. The quantitative estimate of drug-likeness (QED) is 0.254. The maximum atomic E-state index is 6.70. The minimum absolute atomic E-state index is 0.641. The van der Waals surface area contributed by atoms with Crippen LogP contribution < -0.4 is 0 Å². The molecule has 0 aliphatic heterocycles. The summed E-state index contributed by atoms with van der Waals surface area (Å²) in [6.07, 6.45) is 6.89. The van der Waals surface area contributed by atoms with Crippen LogP contribution >= 0.6 is 23.4 Å². The first-order valence-electron chi connectivity index (χ1n) is 11.9. The normalized spacial score (nSPS) is 16.7. The van der Waals surface area contributed by atoms with E-state index in [1.54, 1.807) is 11.1 Å². The fourth-order valence-electron chi connectivity index (χ4n) is 4.73. The van der Waals surface area contributed by atoms with Gasteiger partial charge in [-0.25, -0.2) is 0 Å². The van der Waals surface area contributed by atoms with Gasteiger partial charge in [-0.1, -0.05) is 69.1 Å². The van der Waals surface area contributed by atoms with Gasteiger partial charge in [0.05, 0.1) is 0 Å². The molecule has 0 aromatic heterocycles. The van der Waals surface area contributed by atoms with E-state index in [1.807, 2.05) is 11.8 Å². The molecule has 2 heteroatoms. The molecule has 0 saturated heterocycles. The third kappa shape index (κ3) is 6.90. The lowest BCUT2D eigenvalue weighted by Gasteiger charge is -2.22. The van der Waals surface area contributed by atoms with E-state index in [0.717, 1.165) is 30.2 Å². The highest BCUT2D eigenvalue weighted by Gasteiger charge is 2.22. The Hall–Kier alpha value is -1.18. The molecule has 2 unspecified atom stereocenters. The first-order valence-corrected chi connectivity index (χ1v) is 13.2. The zero-order valence-corrected chi connectivity index (χ0v) is 21.6. The number of fused-ring (bicyclic) bond motifs is 1. The van der Waals surface area contributed by atoms with Crippen molar-refractivity contribution in [2.45, 2.75) is 89.2 Å². The summed E-state index contributed by atoms with van der Waals surface area (Å²) < 4.78 is 0. The highest BCUT2D eigenvalue weighted by atomic mass is 35.5. The number of halogens is 1. The van der Waals surface area contributed by atoms with Gasteiger partial charge in [0, 0.05) is 15.2 Å². The number of rotatable bonds is 10. The van der Waals surface area contributed by atoms with Gasteiger partial charge in [-0.2, -0.15) is 0 Å². The zero-order chi connectivity index (χ0) is 22.5. The first kappa shape index (κ1) is 24.5. The third-order valence-corrected chi connectivity index (χ3v) is 8.36. The minimum atomic E-state index is 0.641. The molecule has 1 aliphatic rings. The average Bonchev–Trinajstić information content (AvgIpc) is 3.08. The van der Waals surface area contributed by atoms with Crippen LogP contribution in [-0.2, 0) is 19.3 Å². The fraction of sp³-hybridized carbons (Fsp3) is 0.517. The van der Waals surface area contributed by atoms with Crippen LogP contribution in [0.4, 0.5) is 0 Å². The Balaban J connectivity index is 1.62. The van der Waals surface area contributed by atoms with Gasteiger partial charge in [-0.15, -0.1) is 18.3 Å². The van der Waals surface area contributed by atoms with Crippen molar-refractivity contribution in [1.29, 1.82) is 0 Å². The molecular formula is C29H39ClS. The van der Waals surface area contributed by atoms with E-state index < -0.39 is 0 Å². The Labute approximate surface area is 199 Å². The molecule has 3 rings (SSSR count). The minimum Gasteiger partial charge on any atom is -0.122 e. The van der Waals surface area contributed by atoms with E-state index >= 15 is 0 Å². The van der Waals surface area contributed by atoms with Gasteiger partial charge in [-0.3, -0.25) is 0 Å². The molecule has 0 heterocycles. The topological polar surface area (TPSA) is 0 Å². The molecular weight excluding hydrogens is 416 g/mol. The van der Waals surface area contributed by atoms with E-state index in [2.05, 4.69) is 77.6 Å². The van der Waals surface area contributed by atoms with Crippen molar-refractivity contribution in [2.24, 2.45) is 11.8 Å². The summed E-state index contributed by atoms with van der Waals surface area (Å²) in [6, 6.07) is 13.8. The van der Waals surface area contributed by atoms with Crippen molar-refractivity contribution in [2.75, 3.05) is 0 Å². The lowest BCUT2D eigenvalue weighted by atomic mass is 9.93. The van der Waals surface area contributed by atoms with E-state index in [-0.39, 0.29) is 0 Å². The molecule has 0 spiro atoms. The molecule has 0 saturated carbocycles. The number of allylic oxidation sites excluding steroid dienone is 1. The maximum absolute atomic E-state index is 6.70. The van der Waals surface area contributed by atoms with E-state index in [1.165, 1.54) is 40.9 Å². The molecule has 0 nitrogen and oxygen atoms in total. The van der Waals surface area contributed by atoms with Crippen molar-refractivity contribution in [3.63, 3.8) is 0 Å². The summed E-state index contributed by atoms with van der Waals surface area (Å²) in [4.78, 5) is 1.30. The Morgan fingerprint density at radius 1 is 1.10 bits per heavy atom. The monoisotopic (exact) mass is 454 g/mol. The highest BCUT2D eigenvalue weighted by Crippen LogP contribution is 2.38. The van der Waals surface area contributed by atoms with Crippen LogP contribution in [0.2, 0.25) is 5.02 Å². The molecule has 2 aromatic carbocycles. The Morgan fingerprint density at radius 2 is 1.87 bits per heavy atom. The molecule has 0 fully saturated rings. The van der Waals surface area contributed by atoms with Gasteiger partial charge < -0.3 is 0 Å². The van der Waals surface area contributed by atoms with Gasteiger partial charge in [0.1, 0.15) is 0 Å². The highest BCUT2D eigenvalue weighted by molar-refractivity contribution is 8.00. The number of hydrogen-bond acceptors (Lipinski definition) is 1. The molecule has 1 aliphatic carbocycles. The van der Waals surface area contributed by atoms with Crippen molar-refractivity contribution >= 4 is 23.4 Å². The third-order valence-electron chi connectivity index (χ3n) is 6.45. The zero-order valence-electron chi connectivity index (χ0n) is 20.0. The summed E-state index contributed by atoms with van der Waals surface area (Å²) in [5, 5.41) is 1.56. The smallest absolute Gasteiger partial charge is 0.0449 e. The second-order valence-corrected chi connectivity index (χ2v) is 11.9. The van der Waals surface area contributed by atoms with E-state index in [0.29, 0.717) is 17.1 Å². The van der Waals surface area contributed by atoms with Crippen LogP contribution in [0.25, 0.3) is 0 Å². The van der Waals surface area contributed by atoms with Crippen LogP contribution in [0.1, 0.15) is 82.1 Å². The molecule has 0 bridgehead atoms. The predicted octanol–water partition coefficient (Wildman–Crippen LogP) is 9.28. The summed E-state index contributed by atoms with van der Waals surface area (Å²) in [5.41, 5.74) is 7.08. The second kappa shape index (κ2) is 11.1. The fourth-order valence-corrected chi connectivity index (χ4v) is 6.50. The van der Waals surface area contributed by atoms with Gasteiger partial charge in [0.2, 0.25) is 0 Å². The van der Waals surface area contributed by atoms with Crippen molar-refractivity contribution < 1.29 is 0 Å². The SMILES string of the molecule is C=C(C)CC1CCc2cc(CCc3ccc(SC(CC(C)C)C(C)C)cc3Cl)ccc21. The summed E-state index contributed by atoms with van der Waals surface area (Å²) in [7, 11) is 0. The molecule has 0 radical (unpaired) electrons. The Morgan fingerprint density at radius 3 is 2.52 bits per heavy atom. The number of benzene rings is 2. The summed E-state index contributed by atoms with van der Waals surface area (Å²) in [5.74, 6) is 2.06. The van der Waals surface area contributed by atoms with E-state index in [4.69, 9.17) is 11.6 Å². The van der Waals surface area contributed by atoms with Gasteiger partial charge in [0.15, 0.2) is 0 Å². The van der Waals surface area contributed by atoms with E-state index in [9.17, 15) is 0 Å². The molecule has 0 N–H and O–H groups in total. The standard InChI is InChI=1S/C29H39ClS/c1-19(2)15-24-10-11-25-17-22(8-14-27(24)25)7-9-23-12-13-26(18-28(23)30)31-29(21(5)6)16-20(3)4/h8,12-14,17-18,20-21,24,29H,1,7,9-11,15-16H2,2-6H3. The molecule has 168 valence electrons. The van der Waals surface area contributed by atoms with Crippen molar-refractivity contribution in [1.82, 2.24) is 0 Å². The van der Waals surface area contributed by atoms with Crippen LogP contribution in [0.5, 0.6) is 0 Å².